The maximum atomic E-state index is 12.2. The van der Waals surface area contributed by atoms with Gasteiger partial charge in [0.15, 0.2) is 0 Å². The Morgan fingerprint density at radius 3 is 2.82 bits per heavy atom. The molecule has 0 aromatic heterocycles. The molecule has 1 aliphatic rings. The summed E-state index contributed by atoms with van der Waals surface area (Å²) >= 11 is 6.09. The highest BCUT2D eigenvalue weighted by atomic mass is 35.5. The molecule has 1 aromatic carbocycles. The fourth-order valence-electron chi connectivity index (χ4n) is 2.87. The summed E-state index contributed by atoms with van der Waals surface area (Å²) < 4.78 is 5.94. The molecule has 1 amide bonds. The molecule has 0 radical (unpaired) electrons. The van der Waals surface area contributed by atoms with Gasteiger partial charge in [-0.15, -0.1) is 0 Å². The van der Waals surface area contributed by atoms with E-state index >= 15 is 0 Å². The normalized spacial score (nSPS) is 18.3. The number of rotatable bonds is 5. The van der Waals surface area contributed by atoms with Crippen molar-refractivity contribution in [1.82, 2.24) is 9.80 Å². The zero-order valence-corrected chi connectivity index (χ0v) is 14.4. The fourth-order valence-corrected chi connectivity index (χ4v) is 3.06. The maximum Gasteiger partial charge on any atom is 0.223 e. The molecule has 22 heavy (non-hydrogen) atoms. The van der Waals surface area contributed by atoms with E-state index in [2.05, 4.69) is 11.8 Å². The summed E-state index contributed by atoms with van der Waals surface area (Å²) in [6.45, 7) is 9.96. The minimum atomic E-state index is 0.103. The van der Waals surface area contributed by atoms with Gasteiger partial charge < -0.3 is 9.64 Å². The van der Waals surface area contributed by atoms with Gasteiger partial charge in [-0.3, -0.25) is 9.69 Å². The van der Waals surface area contributed by atoms with E-state index in [0.717, 1.165) is 49.1 Å². The third-order valence-electron chi connectivity index (χ3n) is 4.02. The van der Waals surface area contributed by atoms with E-state index in [9.17, 15) is 4.79 Å². The first-order valence-electron chi connectivity index (χ1n) is 7.98. The Bertz CT molecular complexity index is 517. The van der Waals surface area contributed by atoms with Gasteiger partial charge in [-0.1, -0.05) is 11.6 Å². The number of carbonyl (C=O) groups is 1. The number of nitrogens with zero attached hydrogens (tertiary/aromatic N) is 2. The predicted molar refractivity (Wildman–Crippen MR) is 89.4 cm³/mol. The Labute approximate surface area is 138 Å². The van der Waals surface area contributed by atoms with Gasteiger partial charge in [0.2, 0.25) is 5.91 Å². The lowest BCUT2D eigenvalue weighted by atomic mass is 10.2. The van der Waals surface area contributed by atoms with Crippen LogP contribution in [0.2, 0.25) is 5.02 Å². The number of fused-ring (bicyclic) bond motifs is 1. The minimum Gasteiger partial charge on any atom is -0.489 e. The van der Waals surface area contributed by atoms with Gasteiger partial charge in [-0.2, -0.15) is 0 Å². The number of carbonyl (C=O) groups excluding carboxylic acids is 1. The van der Waals surface area contributed by atoms with Crippen LogP contribution in [0.4, 0.5) is 0 Å². The summed E-state index contributed by atoms with van der Waals surface area (Å²) in [5, 5.41) is 0.719. The topological polar surface area (TPSA) is 32.8 Å². The SMILES string of the molecule is CCN(CC)C(=O)CCN1Cc2cc(Cl)ccc2OC(C)C1. The molecule has 0 spiro atoms. The Morgan fingerprint density at radius 1 is 1.41 bits per heavy atom. The van der Waals surface area contributed by atoms with Crippen LogP contribution in [0.25, 0.3) is 0 Å². The molecule has 0 aliphatic carbocycles. The third-order valence-corrected chi connectivity index (χ3v) is 4.25. The first-order valence-corrected chi connectivity index (χ1v) is 8.36. The molecule has 5 heteroatoms. The second-order valence-corrected chi connectivity index (χ2v) is 6.17. The molecular weight excluding hydrogens is 300 g/mol. The average Bonchev–Trinajstić information content (AvgIpc) is 2.64. The lowest BCUT2D eigenvalue weighted by Gasteiger charge is -2.24. The van der Waals surface area contributed by atoms with Crippen LogP contribution in [0.15, 0.2) is 18.2 Å². The van der Waals surface area contributed by atoms with Crippen molar-refractivity contribution < 1.29 is 9.53 Å². The molecule has 0 fully saturated rings. The van der Waals surface area contributed by atoms with E-state index in [4.69, 9.17) is 16.3 Å². The molecule has 122 valence electrons. The van der Waals surface area contributed by atoms with Crippen LogP contribution < -0.4 is 4.74 Å². The zero-order chi connectivity index (χ0) is 16.1. The number of hydrogen-bond donors (Lipinski definition) is 0. The van der Waals surface area contributed by atoms with E-state index in [0.29, 0.717) is 6.42 Å². The number of amides is 1. The van der Waals surface area contributed by atoms with Gasteiger partial charge in [0.25, 0.3) is 0 Å². The van der Waals surface area contributed by atoms with Gasteiger partial charge in [0.05, 0.1) is 0 Å². The molecule has 1 heterocycles. The Morgan fingerprint density at radius 2 is 2.14 bits per heavy atom. The smallest absolute Gasteiger partial charge is 0.223 e. The molecule has 0 N–H and O–H groups in total. The highest BCUT2D eigenvalue weighted by Crippen LogP contribution is 2.28. The standard InChI is InChI=1S/C17H25ClN2O2/c1-4-20(5-2)17(21)8-9-19-11-13(3)22-16-7-6-15(18)10-14(16)12-19/h6-7,10,13H,4-5,8-9,11-12H2,1-3H3. The van der Waals surface area contributed by atoms with Gasteiger partial charge in [-0.05, 0) is 39.0 Å². The number of hydrogen-bond acceptors (Lipinski definition) is 3. The van der Waals surface area contributed by atoms with E-state index in [-0.39, 0.29) is 12.0 Å². The van der Waals surface area contributed by atoms with Gasteiger partial charge >= 0.3 is 0 Å². The zero-order valence-electron chi connectivity index (χ0n) is 13.6. The van der Waals surface area contributed by atoms with Gasteiger partial charge in [0.1, 0.15) is 11.9 Å². The fraction of sp³-hybridized carbons (Fsp3) is 0.588. The van der Waals surface area contributed by atoms with Crippen molar-refractivity contribution in [1.29, 1.82) is 0 Å². The second-order valence-electron chi connectivity index (χ2n) is 5.73. The van der Waals surface area contributed by atoms with Gasteiger partial charge in [0, 0.05) is 49.7 Å². The Hall–Kier alpha value is -1.26. The van der Waals surface area contributed by atoms with Crippen LogP contribution in [-0.2, 0) is 11.3 Å². The van der Waals surface area contributed by atoms with Crippen molar-refractivity contribution in [3.05, 3.63) is 28.8 Å². The van der Waals surface area contributed by atoms with E-state index in [1.165, 1.54) is 0 Å². The Balaban J connectivity index is 2.01. The highest BCUT2D eigenvalue weighted by Gasteiger charge is 2.21. The lowest BCUT2D eigenvalue weighted by molar-refractivity contribution is -0.131. The van der Waals surface area contributed by atoms with E-state index in [1.54, 1.807) is 0 Å². The van der Waals surface area contributed by atoms with Crippen molar-refractivity contribution in [3.63, 3.8) is 0 Å². The van der Waals surface area contributed by atoms with Crippen molar-refractivity contribution >= 4 is 17.5 Å². The first kappa shape index (κ1) is 17.1. The number of ether oxygens (including phenoxy) is 1. The molecule has 1 unspecified atom stereocenters. The summed E-state index contributed by atoms with van der Waals surface area (Å²) in [6.07, 6.45) is 0.649. The summed E-state index contributed by atoms with van der Waals surface area (Å²) in [5.41, 5.74) is 1.09. The maximum absolute atomic E-state index is 12.2. The third kappa shape index (κ3) is 4.37. The lowest BCUT2D eigenvalue weighted by Crippen LogP contribution is -2.36. The Kier molecular flexibility index (Phi) is 6.09. The second kappa shape index (κ2) is 7.84. The monoisotopic (exact) mass is 324 g/mol. The number of halogens is 1. The van der Waals surface area contributed by atoms with Crippen molar-refractivity contribution in [2.45, 2.75) is 39.8 Å². The molecule has 0 bridgehead atoms. The van der Waals surface area contributed by atoms with Crippen LogP contribution in [-0.4, -0.2) is 48.0 Å². The summed E-state index contributed by atoms with van der Waals surface area (Å²) in [5.74, 6) is 1.11. The van der Waals surface area contributed by atoms with Crippen LogP contribution in [0.3, 0.4) is 0 Å². The molecule has 2 rings (SSSR count). The molecule has 1 atom stereocenters. The van der Waals surface area contributed by atoms with Crippen LogP contribution in [0, 0.1) is 0 Å². The van der Waals surface area contributed by atoms with Crippen LogP contribution >= 0.6 is 11.6 Å². The van der Waals surface area contributed by atoms with Crippen LogP contribution in [0.5, 0.6) is 5.75 Å². The average molecular weight is 325 g/mol. The quantitative estimate of drug-likeness (QED) is 0.834. The van der Waals surface area contributed by atoms with E-state index < -0.39 is 0 Å². The largest absolute Gasteiger partial charge is 0.489 e. The molecule has 4 nitrogen and oxygen atoms in total. The molecule has 1 aliphatic heterocycles. The van der Waals surface area contributed by atoms with Gasteiger partial charge in [-0.25, -0.2) is 0 Å². The van der Waals surface area contributed by atoms with Crippen LogP contribution in [0.1, 0.15) is 32.8 Å². The highest BCUT2D eigenvalue weighted by molar-refractivity contribution is 6.30. The van der Waals surface area contributed by atoms with Crippen molar-refractivity contribution in [3.8, 4) is 5.75 Å². The molecule has 0 saturated carbocycles. The summed E-state index contributed by atoms with van der Waals surface area (Å²) in [6, 6.07) is 5.74. The predicted octanol–water partition coefficient (Wildman–Crippen LogP) is 3.18. The number of benzene rings is 1. The summed E-state index contributed by atoms with van der Waals surface area (Å²) in [4.78, 5) is 16.3. The summed E-state index contributed by atoms with van der Waals surface area (Å²) in [7, 11) is 0. The minimum absolute atomic E-state index is 0.103. The van der Waals surface area contributed by atoms with E-state index in [1.807, 2.05) is 36.9 Å². The van der Waals surface area contributed by atoms with Crippen molar-refractivity contribution in [2.24, 2.45) is 0 Å². The molecule has 1 aromatic rings. The van der Waals surface area contributed by atoms with Crippen molar-refractivity contribution in [2.75, 3.05) is 26.2 Å². The molecule has 0 saturated heterocycles. The molecular formula is C17H25ClN2O2. The first-order chi connectivity index (χ1) is 10.5.